The molecule has 4 rings (SSSR count). The van der Waals surface area contributed by atoms with Gasteiger partial charge >= 0.3 is 6.03 Å². The first-order chi connectivity index (χ1) is 14.0. The van der Waals surface area contributed by atoms with E-state index in [1.807, 2.05) is 24.0 Å². The number of allylic oxidation sites excluding steroid dienone is 1. The predicted octanol–water partition coefficient (Wildman–Crippen LogP) is 2.73. The molecule has 0 aromatic heterocycles. The van der Waals surface area contributed by atoms with Crippen LogP contribution in [-0.4, -0.2) is 64.2 Å². The Morgan fingerprint density at radius 3 is 2.41 bits per heavy atom. The van der Waals surface area contributed by atoms with Crippen LogP contribution in [0.5, 0.6) is 0 Å². The molecule has 0 unspecified atom stereocenters. The van der Waals surface area contributed by atoms with E-state index in [1.165, 1.54) is 12.8 Å². The first-order valence-electron chi connectivity index (χ1n) is 10.7. The molecular formula is C23H31N3O3. The van der Waals surface area contributed by atoms with Gasteiger partial charge in [-0.1, -0.05) is 49.3 Å². The minimum atomic E-state index is -0.408. The SMILES string of the molecule is C/C=C/c1ccc([C@@H]2[C@H](CO)N(C(C)=O)C23CN(C(=O)NC2CCCC2)C3)cc1. The van der Waals surface area contributed by atoms with Gasteiger partial charge in [0.15, 0.2) is 0 Å². The number of nitrogens with one attached hydrogen (secondary N) is 1. The average Bonchev–Trinajstić information content (AvgIpc) is 3.14. The quantitative estimate of drug-likeness (QED) is 0.821. The molecule has 1 aliphatic carbocycles. The lowest BCUT2D eigenvalue weighted by Crippen LogP contribution is -2.86. The Balaban J connectivity index is 1.52. The van der Waals surface area contributed by atoms with Crippen molar-refractivity contribution in [2.75, 3.05) is 19.7 Å². The van der Waals surface area contributed by atoms with E-state index in [1.54, 1.807) is 11.8 Å². The van der Waals surface area contributed by atoms with Crippen molar-refractivity contribution in [1.29, 1.82) is 0 Å². The third-order valence-corrected chi connectivity index (χ3v) is 6.86. The van der Waals surface area contributed by atoms with E-state index in [-0.39, 0.29) is 36.5 Å². The van der Waals surface area contributed by atoms with Gasteiger partial charge in [0.2, 0.25) is 5.91 Å². The number of amides is 3. The summed E-state index contributed by atoms with van der Waals surface area (Å²) in [6.45, 7) is 4.50. The minimum Gasteiger partial charge on any atom is -0.394 e. The summed E-state index contributed by atoms with van der Waals surface area (Å²) in [6, 6.07) is 8.32. The van der Waals surface area contributed by atoms with Crippen molar-refractivity contribution in [3.05, 3.63) is 41.5 Å². The summed E-state index contributed by atoms with van der Waals surface area (Å²) in [5.74, 6) is -0.00623. The van der Waals surface area contributed by atoms with Crippen LogP contribution in [0.25, 0.3) is 6.08 Å². The second kappa shape index (κ2) is 7.82. The maximum Gasteiger partial charge on any atom is 0.317 e. The number of aliphatic hydroxyl groups excluding tert-OH is 1. The van der Waals surface area contributed by atoms with Crippen LogP contribution in [0.15, 0.2) is 30.3 Å². The van der Waals surface area contributed by atoms with Crippen molar-refractivity contribution in [1.82, 2.24) is 15.1 Å². The molecule has 1 spiro atoms. The molecule has 0 radical (unpaired) electrons. The number of benzene rings is 1. The summed E-state index contributed by atoms with van der Waals surface area (Å²) >= 11 is 0. The molecule has 3 aliphatic rings. The summed E-state index contributed by atoms with van der Waals surface area (Å²) < 4.78 is 0. The molecule has 1 saturated carbocycles. The van der Waals surface area contributed by atoms with Gasteiger partial charge in [-0.25, -0.2) is 4.79 Å². The van der Waals surface area contributed by atoms with Gasteiger partial charge in [-0.3, -0.25) is 4.79 Å². The standard InChI is InChI=1S/C23H31N3O3/c1-3-6-17-9-11-18(12-10-17)21-20(13-27)26(16(2)28)23(21)14-25(15-23)22(29)24-19-7-4-5-8-19/h3,6,9-12,19-21,27H,4-5,7-8,13-15H2,1-2H3,(H,24,29)/b6-3+/t20-,21+/m0/s1. The summed E-state index contributed by atoms with van der Waals surface area (Å²) in [7, 11) is 0. The molecule has 156 valence electrons. The predicted molar refractivity (Wildman–Crippen MR) is 112 cm³/mol. The van der Waals surface area contributed by atoms with Gasteiger partial charge in [-0.05, 0) is 30.9 Å². The molecule has 2 N–H and O–H groups in total. The summed E-state index contributed by atoms with van der Waals surface area (Å²) in [4.78, 5) is 28.6. The van der Waals surface area contributed by atoms with E-state index < -0.39 is 5.54 Å². The molecular weight excluding hydrogens is 366 g/mol. The molecule has 2 aliphatic heterocycles. The summed E-state index contributed by atoms with van der Waals surface area (Å²) in [5, 5.41) is 13.1. The Hall–Kier alpha value is -2.34. The highest BCUT2D eigenvalue weighted by atomic mass is 16.3. The Morgan fingerprint density at radius 2 is 1.86 bits per heavy atom. The maximum atomic E-state index is 12.7. The highest BCUT2D eigenvalue weighted by Gasteiger charge is 2.67. The fraction of sp³-hybridized carbons (Fsp3) is 0.565. The third-order valence-electron chi connectivity index (χ3n) is 6.86. The molecule has 1 aromatic carbocycles. The second-order valence-corrected chi connectivity index (χ2v) is 8.67. The van der Waals surface area contributed by atoms with Gasteiger partial charge in [0.1, 0.15) is 0 Å². The maximum absolute atomic E-state index is 12.7. The van der Waals surface area contributed by atoms with Crippen molar-refractivity contribution >= 4 is 18.0 Å². The van der Waals surface area contributed by atoms with E-state index in [4.69, 9.17) is 0 Å². The number of likely N-dealkylation sites (tertiary alicyclic amines) is 2. The lowest BCUT2D eigenvalue weighted by atomic mass is 9.60. The smallest absolute Gasteiger partial charge is 0.317 e. The van der Waals surface area contributed by atoms with Gasteiger partial charge in [0, 0.05) is 32.0 Å². The van der Waals surface area contributed by atoms with Crippen LogP contribution in [0, 0.1) is 0 Å². The van der Waals surface area contributed by atoms with Gasteiger partial charge in [0.05, 0.1) is 18.2 Å². The third kappa shape index (κ3) is 3.33. The Labute approximate surface area is 172 Å². The molecule has 29 heavy (non-hydrogen) atoms. The monoisotopic (exact) mass is 397 g/mol. The zero-order chi connectivity index (χ0) is 20.6. The van der Waals surface area contributed by atoms with Crippen molar-refractivity contribution < 1.29 is 14.7 Å². The lowest BCUT2D eigenvalue weighted by Gasteiger charge is -2.70. The van der Waals surface area contributed by atoms with Crippen LogP contribution in [0.4, 0.5) is 4.79 Å². The molecule has 3 amide bonds. The minimum absolute atomic E-state index is 0.0272. The first-order valence-corrected chi connectivity index (χ1v) is 10.7. The topological polar surface area (TPSA) is 72.9 Å². The normalized spacial score (nSPS) is 25.9. The van der Waals surface area contributed by atoms with Gasteiger partial charge in [-0.15, -0.1) is 0 Å². The van der Waals surface area contributed by atoms with Crippen LogP contribution in [-0.2, 0) is 4.79 Å². The average molecular weight is 398 g/mol. The van der Waals surface area contributed by atoms with Crippen LogP contribution >= 0.6 is 0 Å². The molecule has 1 aromatic rings. The van der Waals surface area contributed by atoms with E-state index >= 15 is 0 Å². The van der Waals surface area contributed by atoms with Crippen LogP contribution < -0.4 is 5.32 Å². The second-order valence-electron chi connectivity index (χ2n) is 8.67. The fourth-order valence-electron chi connectivity index (χ4n) is 5.62. The Morgan fingerprint density at radius 1 is 1.21 bits per heavy atom. The van der Waals surface area contributed by atoms with Crippen molar-refractivity contribution in [2.45, 2.75) is 63.1 Å². The zero-order valence-electron chi connectivity index (χ0n) is 17.3. The largest absolute Gasteiger partial charge is 0.394 e. The molecule has 6 heteroatoms. The molecule has 6 nitrogen and oxygen atoms in total. The fourth-order valence-corrected chi connectivity index (χ4v) is 5.62. The van der Waals surface area contributed by atoms with E-state index in [2.05, 4.69) is 29.6 Å². The molecule has 0 bridgehead atoms. The molecule has 2 heterocycles. The summed E-state index contributed by atoms with van der Waals surface area (Å²) in [6.07, 6.45) is 8.51. The Kier molecular flexibility index (Phi) is 5.38. The number of hydrogen-bond donors (Lipinski definition) is 2. The van der Waals surface area contributed by atoms with Crippen molar-refractivity contribution in [3.8, 4) is 0 Å². The number of aliphatic hydroxyl groups is 1. The highest BCUT2D eigenvalue weighted by Crippen LogP contribution is 2.53. The molecule has 2 atom stereocenters. The van der Waals surface area contributed by atoms with E-state index in [9.17, 15) is 14.7 Å². The van der Waals surface area contributed by atoms with Crippen LogP contribution in [0.2, 0.25) is 0 Å². The highest BCUT2D eigenvalue weighted by molar-refractivity contribution is 5.80. The Bertz CT molecular complexity index is 792. The molecule has 3 fully saturated rings. The number of carbonyl (C=O) groups excluding carboxylic acids is 2. The number of rotatable bonds is 4. The zero-order valence-corrected chi connectivity index (χ0v) is 17.3. The van der Waals surface area contributed by atoms with Gasteiger partial charge in [-0.2, -0.15) is 0 Å². The number of carbonyl (C=O) groups is 2. The number of urea groups is 1. The van der Waals surface area contributed by atoms with Crippen LogP contribution in [0.1, 0.15) is 56.6 Å². The van der Waals surface area contributed by atoms with E-state index in [0.717, 1.165) is 24.0 Å². The summed E-state index contributed by atoms with van der Waals surface area (Å²) in [5.41, 5.74) is 1.83. The van der Waals surface area contributed by atoms with Crippen LogP contribution in [0.3, 0.4) is 0 Å². The molecule has 2 saturated heterocycles. The first kappa shape index (κ1) is 20.0. The lowest BCUT2D eigenvalue weighted by molar-refractivity contribution is -0.191. The number of hydrogen-bond acceptors (Lipinski definition) is 3. The van der Waals surface area contributed by atoms with Gasteiger partial charge < -0.3 is 20.2 Å². The van der Waals surface area contributed by atoms with Crippen molar-refractivity contribution in [2.24, 2.45) is 0 Å². The van der Waals surface area contributed by atoms with Crippen molar-refractivity contribution in [3.63, 3.8) is 0 Å². The van der Waals surface area contributed by atoms with E-state index in [0.29, 0.717) is 13.1 Å². The van der Waals surface area contributed by atoms with Gasteiger partial charge in [0.25, 0.3) is 0 Å². The number of nitrogens with zero attached hydrogens (tertiary/aromatic N) is 2.